The molecule has 2 heterocycles. The number of rotatable bonds is 2. The first-order valence-corrected chi connectivity index (χ1v) is 5.22. The predicted octanol–water partition coefficient (Wildman–Crippen LogP) is 2.29. The van der Waals surface area contributed by atoms with E-state index in [1.54, 1.807) is 0 Å². The molecule has 0 spiro atoms. The highest BCUT2D eigenvalue weighted by molar-refractivity contribution is 5.85. The minimum absolute atomic E-state index is 0. The lowest BCUT2D eigenvalue weighted by Gasteiger charge is -2.40. The SMILES string of the molecule is Cl.NC(c1ccccc1)C12COC(C1)C2. The first kappa shape index (κ1) is 10.9. The molecule has 2 aliphatic heterocycles. The summed E-state index contributed by atoms with van der Waals surface area (Å²) in [6.07, 6.45) is 2.82. The minimum Gasteiger partial charge on any atom is -0.378 e. The molecule has 2 saturated heterocycles. The minimum atomic E-state index is 0. The van der Waals surface area contributed by atoms with Crippen LogP contribution in [0.1, 0.15) is 24.4 Å². The summed E-state index contributed by atoms with van der Waals surface area (Å²) in [6, 6.07) is 10.5. The van der Waals surface area contributed by atoms with Gasteiger partial charge in [0.1, 0.15) is 0 Å². The molecule has 2 bridgehead atoms. The van der Waals surface area contributed by atoms with Crippen molar-refractivity contribution >= 4 is 12.4 Å². The molecule has 4 rings (SSSR count). The van der Waals surface area contributed by atoms with E-state index in [1.165, 1.54) is 5.56 Å². The fourth-order valence-corrected chi connectivity index (χ4v) is 2.72. The van der Waals surface area contributed by atoms with E-state index in [9.17, 15) is 0 Å². The molecule has 0 amide bonds. The lowest BCUT2D eigenvalue weighted by Crippen LogP contribution is -2.42. The molecule has 82 valence electrons. The monoisotopic (exact) mass is 225 g/mol. The maximum absolute atomic E-state index is 6.29. The molecular formula is C12H16ClNO. The Morgan fingerprint density at radius 3 is 2.47 bits per heavy atom. The van der Waals surface area contributed by atoms with Gasteiger partial charge in [-0.2, -0.15) is 0 Å². The molecule has 1 aromatic rings. The Kier molecular flexibility index (Phi) is 2.75. The third-order valence-corrected chi connectivity index (χ3v) is 3.69. The van der Waals surface area contributed by atoms with Crippen molar-refractivity contribution < 1.29 is 4.74 Å². The van der Waals surface area contributed by atoms with E-state index >= 15 is 0 Å². The van der Waals surface area contributed by atoms with Crippen LogP contribution >= 0.6 is 12.4 Å². The van der Waals surface area contributed by atoms with Crippen LogP contribution in [0, 0.1) is 5.41 Å². The second kappa shape index (κ2) is 3.78. The largest absolute Gasteiger partial charge is 0.378 e. The molecule has 1 atom stereocenters. The highest BCUT2D eigenvalue weighted by Gasteiger charge is 2.55. The maximum Gasteiger partial charge on any atom is 0.0589 e. The third kappa shape index (κ3) is 1.57. The predicted molar refractivity (Wildman–Crippen MR) is 62.0 cm³/mol. The van der Waals surface area contributed by atoms with Crippen molar-refractivity contribution in [2.24, 2.45) is 11.1 Å². The topological polar surface area (TPSA) is 35.2 Å². The van der Waals surface area contributed by atoms with Crippen LogP contribution in [0.25, 0.3) is 0 Å². The summed E-state index contributed by atoms with van der Waals surface area (Å²) in [7, 11) is 0. The molecule has 1 unspecified atom stereocenters. The van der Waals surface area contributed by atoms with Gasteiger partial charge in [0.05, 0.1) is 12.7 Å². The van der Waals surface area contributed by atoms with Gasteiger partial charge in [0.2, 0.25) is 0 Å². The number of hydrogen-bond acceptors (Lipinski definition) is 2. The van der Waals surface area contributed by atoms with Crippen LogP contribution in [0.3, 0.4) is 0 Å². The Morgan fingerprint density at radius 2 is 1.93 bits per heavy atom. The lowest BCUT2D eigenvalue weighted by atomic mass is 9.64. The van der Waals surface area contributed by atoms with Gasteiger partial charge in [-0.15, -0.1) is 12.4 Å². The van der Waals surface area contributed by atoms with Crippen molar-refractivity contribution in [3.63, 3.8) is 0 Å². The van der Waals surface area contributed by atoms with E-state index in [0.717, 1.165) is 19.4 Å². The molecule has 0 aromatic heterocycles. The van der Waals surface area contributed by atoms with Gasteiger partial charge in [0.25, 0.3) is 0 Å². The average Bonchev–Trinajstić information content (AvgIpc) is 2.77. The maximum atomic E-state index is 6.29. The quantitative estimate of drug-likeness (QED) is 0.838. The van der Waals surface area contributed by atoms with Crippen LogP contribution in [0.2, 0.25) is 0 Å². The van der Waals surface area contributed by atoms with E-state index in [1.807, 2.05) is 6.07 Å². The van der Waals surface area contributed by atoms with Crippen molar-refractivity contribution in [1.29, 1.82) is 0 Å². The number of ether oxygens (including phenoxy) is 1. The smallest absolute Gasteiger partial charge is 0.0589 e. The molecule has 3 aliphatic rings. The van der Waals surface area contributed by atoms with Gasteiger partial charge >= 0.3 is 0 Å². The summed E-state index contributed by atoms with van der Waals surface area (Å²) in [5, 5.41) is 0. The van der Waals surface area contributed by atoms with E-state index in [2.05, 4.69) is 24.3 Å². The molecule has 2 N–H and O–H groups in total. The van der Waals surface area contributed by atoms with Crippen LogP contribution in [-0.4, -0.2) is 12.7 Å². The van der Waals surface area contributed by atoms with Gasteiger partial charge in [0.15, 0.2) is 0 Å². The summed E-state index contributed by atoms with van der Waals surface area (Å²) in [5.74, 6) is 0. The van der Waals surface area contributed by atoms with Gasteiger partial charge in [-0.1, -0.05) is 30.3 Å². The molecule has 2 nitrogen and oxygen atoms in total. The second-order valence-corrected chi connectivity index (χ2v) is 4.59. The fourth-order valence-electron chi connectivity index (χ4n) is 2.72. The zero-order valence-electron chi connectivity index (χ0n) is 8.56. The Hall–Kier alpha value is -0.570. The number of hydrogen-bond donors (Lipinski definition) is 1. The van der Waals surface area contributed by atoms with Crippen molar-refractivity contribution in [2.45, 2.75) is 25.0 Å². The van der Waals surface area contributed by atoms with E-state index in [-0.39, 0.29) is 23.9 Å². The molecule has 3 heteroatoms. The third-order valence-electron chi connectivity index (χ3n) is 3.69. The zero-order valence-corrected chi connectivity index (χ0v) is 9.37. The van der Waals surface area contributed by atoms with E-state index in [0.29, 0.717) is 6.10 Å². The van der Waals surface area contributed by atoms with Crippen LogP contribution < -0.4 is 5.73 Å². The Bertz CT molecular complexity index is 329. The number of nitrogens with two attached hydrogens (primary N) is 1. The molecule has 1 aromatic carbocycles. The van der Waals surface area contributed by atoms with Crippen LogP contribution in [0.4, 0.5) is 0 Å². The molecule has 1 saturated carbocycles. The van der Waals surface area contributed by atoms with Gasteiger partial charge in [-0.3, -0.25) is 0 Å². The first-order valence-electron chi connectivity index (χ1n) is 5.22. The summed E-state index contributed by atoms with van der Waals surface area (Å²) in [6.45, 7) is 0.855. The highest BCUT2D eigenvalue weighted by Crippen LogP contribution is 2.56. The second-order valence-electron chi connectivity index (χ2n) is 4.59. The van der Waals surface area contributed by atoms with Gasteiger partial charge in [0, 0.05) is 11.5 Å². The van der Waals surface area contributed by atoms with Crippen LogP contribution in [-0.2, 0) is 4.74 Å². The van der Waals surface area contributed by atoms with Crippen molar-refractivity contribution in [3.8, 4) is 0 Å². The van der Waals surface area contributed by atoms with Gasteiger partial charge in [-0.05, 0) is 18.4 Å². The molecule has 15 heavy (non-hydrogen) atoms. The number of halogens is 1. The van der Waals surface area contributed by atoms with Gasteiger partial charge < -0.3 is 10.5 Å². The van der Waals surface area contributed by atoms with Crippen LogP contribution in [0.5, 0.6) is 0 Å². The Balaban J connectivity index is 0.000000853. The standard InChI is InChI=1S/C12H15NO.ClH/c13-11(9-4-2-1-3-5-9)12-6-10(7-12)14-8-12;/h1-5,10-11H,6-8,13H2;1H. The zero-order chi connectivity index (χ0) is 9.60. The average molecular weight is 226 g/mol. The summed E-state index contributed by atoms with van der Waals surface area (Å²) >= 11 is 0. The van der Waals surface area contributed by atoms with Crippen molar-refractivity contribution in [1.82, 2.24) is 0 Å². The van der Waals surface area contributed by atoms with E-state index < -0.39 is 0 Å². The van der Waals surface area contributed by atoms with Gasteiger partial charge in [-0.25, -0.2) is 0 Å². The number of fused-ring (bicyclic) bond motifs is 1. The number of benzene rings is 1. The van der Waals surface area contributed by atoms with Crippen molar-refractivity contribution in [2.75, 3.05) is 6.61 Å². The Morgan fingerprint density at radius 1 is 1.27 bits per heavy atom. The summed E-state index contributed by atoms with van der Waals surface area (Å²) < 4.78 is 5.59. The lowest BCUT2D eigenvalue weighted by molar-refractivity contribution is 0.102. The molecule has 0 radical (unpaired) electrons. The molecule has 3 fully saturated rings. The summed E-state index contributed by atoms with van der Waals surface area (Å²) in [5.41, 5.74) is 7.80. The fraction of sp³-hybridized carbons (Fsp3) is 0.500. The highest BCUT2D eigenvalue weighted by atomic mass is 35.5. The normalized spacial score (nSPS) is 34.1. The van der Waals surface area contributed by atoms with Crippen molar-refractivity contribution in [3.05, 3.63) is 35.9 Å². The molecular weight excluding hydrogens is 210 g/mol. The van der Waals surface area contributed by atoms with Crippen LogP contribution in [0.15, 0.2) is 30.3 Å². The molecule has 1 aliphatic carbocycles. The van der Waals surface area contributed by atoms with E-state index in [4.69, 9.17) is 10.5 Å². The first-order chi connectivity index (χ1) is 6.80. The Labute approximate surface area is 96.2 Å². The summed E-state index contributed by atoms with van der Waals surface area (Å²) in [4.78, 5) is 0.